The van der Waals surface area contributed by atoms with Crippen molar-refractivity contribution >= 4 is 5.91 Å². The van der Waals surface area contributed by atoms with Crippen molar-refractivity contribution in [3.05, 3.63) is 47.5 Å². The number of nitrogens with zero attached hydrogens (tertiary/aromatic N) is 2. The van der Waals surface area contributed by atoms with Crippen LogP contribution in [-0.2, 0) is 6.42 Å². The van der Waals surface area contributed by atoms with Crippen LogP contribution in [0.15, 0.2) is 30.6 Å². The zero-order chi connectivity index (χ0) is 15.5. The Morgan fingerprint density at radius 1 is 1.33 bits per heavy atom. The average Bonchev–Trinajstić information content (AvgIpc) is 2.91. The molecule has 21 heavy (non-hydrogen) atoms. The molecular formula is C16H22N4O. The van der Waals surface area contributed by atoms with Crippen LogP contribution in [0.3, 0.4) is 0 Å². The van der Waals surface area contributed by atoms with Crippen molar-refractivity contribution in [1.82, 2.24) is 20.5 Å². The van der Waals surface area contributed by atoms with Gasteiger partial charge in [-0.3, -0.25) is 9.89 Å². The largest absolute Gasteiger partial charge is 0.342 e. The second-order valence-electron chi connectivity index (χ2n) is 6.46. The maximum Gasteiger partial charge on any atom is 0.252 e. The van der Waals surface area contributed by atoms with Crippen molar-refractivity contribution in [2.24, 2.45) is 5.41 Å². The molecule has 0 spiro atoms. The highest BCUT2D eigenvalue weighted by atomic mass is 16.1. The van der Waals surface area contributed by atoms with Crippen LogP contribution >= 0.6 is 0 Å². The summed E-state index contributed by atoms with van der Waals surface area (Å²) in [6.45, 7) is 8.38. The van der Waals surface area contributed by atoms with Gasteiger partial charge in [0.15, 0.2) is 0 Å². The maximum atomic E-state index is 12.5. The minimum absolute atomic E-state index is 0.0845. The van der Waals surface area contributed by atoms with Crippen LogP contribution < -0.4 is 5.32 Å². The number of nitrogens with one attached hydrogen (secondary N) is 2. The molecule has 5 heteroatoms. The first kappa shape index (κ1) is 15.2. The normalized spacial score (nSPS) is 13.0. The fourth-order valence-electron chi connectivity index (χ4n) is 2.23. The van der Waals surface area contributed by atoms with E-state index in [2.05, 4.69) is 41.3 Å². The van der Waals surface area contributed by atoms with Crippen molar-refractivity contribution in [1.29, 1.82) is 0 Å². The minimum atomic E-state index is -0.206. The molecule has 1 amide bonds. The lowest BCUT2D eigenvalue weighted by Gasteiger charge is -2.20. The number of H-pyrrole nitrogens is 1. The van der Waals surface area contributed by atoms with Crippen molar-refractivity contribution in [3.63, 3.8) is 0 Å². The molecule has 1 aromatic heterocycles. The Morgan fingerprint density at radius 2 is 2.05 bits per heavy atom. The lowest BCUT2D eigenvalue weighted by Crippen LogP contribution is -2.28. The molecule has 0 aliphatic heterocycles. The van der Waals surface area contributed by atoms with Gasteiger partial charge in [-0.2, -0.15) is 5.10 Å². The van der Waals surface area contributed by atoms with E-state index in [1.54, 1.807) is 0 Å². The molecule has 0 aliphatic carbocycles. The summed E-state index contributed by atoms with van der Waals surface area (Å²) in [7, 11) is 0. The van der Waals surface area contributed by atoms with E-state index >= 15 is 0 Å². The summed E-state index contributed by atoms with van der Waals surface area (Å²) in [6.07, 6.45) is 2.29. The van der Waals surface area contributed by atoms with Gasteiger partial charge in [-0.25, -0.2) is 4.98 Å². The van der Waals surface area contributed by atoms with Gasteiger partial charge < -0.3 is 5.32 Å². The topological polar surface area (TPSA) is 70.7 Å². The number of rotatable bonds is 4. The Bertz CT molecular complexity index is 599. The number of benzene rings is 1. The average molecular weight is 286 g/mol. The molecule has 0 bridgehead atoms. The number of aromatic amines is 1. The van der Waals surface area contributed by atoms with Crippen molar-refractivity contribution in [2.45, 2.75) is 40.2 Å². The lowest BCUT2D eigenvalue weighted by molar-refractivity contribution is 0.0937. The molecular weight excluding hydrogens is 264 g/mol. The van der Waals surface area contributed by atoms with Crippen LogP contribution in [0.4, 0.5) is 0 Å². The van der Waals surface area contributed by atoms with Crippen molar-refractivity contribution in [3.8, 4) is 0 Å². The van der Waals surface area contributed by atoms with Crippen LogP contribution in [0, 0.1) is 5.41 Å². The Balaban J connectivity index is 2.16. The third kappa shape index (κ3) is 4.15. The zero-order valence-corrected chi connectivity index (χ0v) is 13.0. The fraction of sp³-hybridized carbons (Fsp3) is 0.438. The molecule has 0 radical (unpaired) electrons. The Kier molecular flexibility index (Phi) is 4.40. The number of carbonyl (C=O) groups is 1. The number of amides is 1. The first-order valence-electron chi connectivity index (χ1n) is 7.11. The van der Waals surface area contributed by atoms with Gasteiger partial charge in [0.05, 0.1) is 6.04 Å². The van der Waals surface area contributed by atoms with Gasteiger partial charge in [0, 0.05) is 5.56 Å². The second kappa shape index (κ2) is 6.08. The summed E-state index contributed by atoms with van der Waals surface area (Å²) >= 11 is 0. The predicted molar refractivity (Wildman–Crippen MR) is 81.9 cm³/mol. The lowest BCUT2D eigenvalue weighted by atomic mass is 9.86. The molecule has 2 aromatic rings. The molecule has 0 saturated heterocycles. The third-order valence-corrected chi connectivity index (χ3v) is 3.17. The van der Waals surface area contributed by atoms with Crippen LogP contribution in [0.2, 0.25) is 0 Å². The molecule has 1 aromatic carbocycles. The standard InChI is InChI=1S/C16H22N4O/c1-11(14-17-10-18-20-14)19-15(21)13-8-6-5-7-12(13)9-16(2,3)4/h5-8,10-11H,9H2,1-4H3,(H,19,21)(H,17,18,20)/t11-/m0/s1. The number of carbonyl (C=O) groups excluding carboxylic acids is 1. The molecule has 2 rings (SSSR count). The fourth-order valence-corrected chi connectivity index (χ4v) is 2.23. The SMILES string of the molecule is C[C@H](NC(=O)c1ccccc1CC(C)(C)C)c1ncn[nH]1. The summed E-state index contributed by atoms with van der Waals surface area (Å²) in [5, 5.41) is 9.52. The van der Waals surface area contributed by atoms with Crippen LogP contribution in [0.1, 0.15) is 55.5 Å². The number of aromatic nitrogens is 3. The highest BCUT2D eigenvalue weighted by molar-refractivity contribution is 5.95. The molecule has 0 unspecified atom stereocenters. The van der Waals surface area contributed by atoms with Gasteiger partial charge in [-0.05, 0) is 30.4 Å². The molecule has 5 nitrogen and oxygen atoms in total. The molecule has 1 heterocycles. The monoisotopic (exact) mass is 286 g/mol. The number of hydrogen-bond acceptors (Lipinski definition) is 3. The maximum absolute atomic E-state index is 12.5. The highest BCUT2D eigenvalue weighted by Crippen LogP contribution is 2.23. The van der Waals surface area contributed by atoms with E-state index in [0.29, 0.717) is 5.82 Å². The molecule has 0 fully saturated rings. The predicted octanol–water partition coefficient (Wildman–Crippen LogP) is 2.88. The van der Waals surface area contributed by atoms with Gasteiger partial charge in [0.2, 0.25) is 0 Å². The molecule has 0 saturated carbocycles. The minimum Gasteiger partial charge on any atom is -0.342 e. The van der Waals surface area contributed by atoms with E-state index in [4.69, 9.17) is 0 Å². The van der Waals surface area contributed by atoms with E-state index in [0.717, 1.165) is 17.5 Å². The Hall–Kier alpha value is -2.17. The van der Waals surface area contributed by atoms with Crippen molar-refractivity contribution in [2.75, 3.05) is 0 Å². The van der Waals surface area contributed by atoms with E-state index in [-0.39, 0.29) is 17.4 Å². The van der Waals surface area contributed by atoms with Gasteiger partial charge in [0.1, 0.15) is 12.2 Å². The molecule has 112 valence electrons. The van der Waals surface area contributed by atoms with E-state index in [1.165, 1.54) is 6.33 Å². The third-order valence-electron chi connectivity index (χ3n) is 3.17. The van der Waals surface area contributed by atoms with E-state index in [9.17, 15) is 4.79 Å². The van der Waals surface area contributed by atoms with E-state index in [1.807, 2.05) is 31.2 Å². The van der Waals surface area contributed by atoms with Crippen LogP contribution in [0.5, 0.6) is 0 Å². The van der Waals surface area contributed by atoms with Crippen LogP contribution in [0.25, 0.3) is 0 Å². The quantitative estimate of drug-likeness (QED) is 0.908. The van der Waals surface area contributed by atoms with Gasteiger partial charge >= 0.3 is 0 Å². The van der Waals surface area contributed by atoms with Gasteiger partial charge in [0.25, 0.3) is 5.91 Å². The summed E-state index contributed by atoms with van der Waals surface area (Å²) in [5.41, 5.74) is 1.92. The zero-order valence-electron chi connectivity index (χ0n) is 13.0. The molecule has 2 N–H and O–H groups in total. The van der Waals surface area contributed by atoms with E-state index < -0.39 is 0 Å². The Morgan fingerprint density at radius 3 is 2.67 bits per heavy atom. The summed E-state index contributed by atoms with van der Waals surface area (Å²) in [6, 6.07) is 7.53. The first-order chi connectivity index (χ1) is 9.87. The summed E-state index contributed by atoms with van der Waals surface area (Å²) < 4.78 is 0. The summed E-state index contributed by atoms with van der Waals surface area (Å²) in [5.74, 6) is 0.565. The van der Waals surface area contributed by atoms with Crippen molar-refractivity contribution < 1.29 is 4.79 Å². The van der Waals surface area contributed by atoms with Gasteiger partial charge in [-0.1, -0.05) is 39.0 Å². The smallest absolute Gasteiger partial charge is 0.252 e. The molecule has 1 atom stereocenters. The first-order valence-corrected chi connectivity index (χ1v) is 7.11. The summed E-state index contributed by atoms with van der Waals surface area (Å²) in [4.78, 5) is 16.5. The second-order valence-corrected chi connectivity index (χ2v) is 6.46. The highest BCUT2D eigenvalue weighted by Gasteiger charge is 2.19. The Labute approximate surface area is 125 Å². The van der Waals surface area contributed by atoms with Crippen LogP contribution in [-0.4, -0.2) is 21.1 Å². The molecule has 0 aliphatic rings. The number of hydrogen-bond donors (Lipinski definition) is 2. The van der Waals surface area contributed by atoms with Gasteiger partial charge in [-0.15, -0.1) is 0 Å².